The molecule has 2 N–H and O–H groups in total. The number of nitrogens with zero attached hydrogens (tertiary/aromatic N) is 1. The molecule has 2 aliphatic carbocycles. The molecule has 0 bridgehead atoms. The summed E-state index contributed by atoms with van der Waals surface area (Å²) in [5.41, 5.74) is -1.53. The molecule has 0 saturated heterocycles. The van der Waals surface area contributed by atoms with Gasteiger partial charge in [0, 0.05) is 10.8 Å². The molecule has 8 heteroatoms. The van der Waals surface area contributed by atoms with E-state index in [9.17, 15) is 18.5 Å². The number of nitro groups is 1. The highest BCUT2D eigenvalue weighted by atomic mass is 35.5. The van der Waals surface area contributed by atoms with E-state index < -0.39 is 20.5 Å². The lowest BCUT2D eigenvalue weighted by atomic mass is 9.78. The number of hydrogen-bond acceptors (Lipinski definition) is 4. The van der Waals surface area contributed by atoms with Crippen molar-refractivity contribution in [1.29, 1.82) is 0 Å². The van der Waals surface area contributed by atoms with Crippen LogP contribution >= 0.6 is 11.6 Å². The molecule has 0 amide bonds. The Labute approximate surface area is 116 Å². The Morgan fingerprint density at radius 3 is 2.42 bits per heavy atom. The van der Waals surface area contributed by atoms with Gasteiger partial charge in [-0.05, 0) is 25.0 Å². The summed E-state index contributed by atoms with van der Waals surface area (Å²) in [6, 6.07) is 0. The van der Waals surface area contributed by atoms with Crippen LogP contribution in [-0.2, 0) is 10.0 Å². The number of primary sulfonamides is 1. The van der Waals surface area contributed by atoms with Gasteiger partial charge < -0.3 is 0 Å². The molecule has 19 heavy (non-hydrogen) atoms. The average Bonchev–Trinajstić information content (AvgIpc) is 2.81. The van der Waals surface area contributed by atoms with Gasteiger partial charge in [-0.3, -0.25) is 10.1 Å². The van der Waals surface area contributed by atoms with Crippen LogP contribution in [0, 0.1) is 16.0 Å². The Morgan fingerprint density at radius 2 is 1.95 bits per heavy atom. The van der Waals surface area contributed by atoms with Crippen molar-refractivity contribution in [3.63, 3.8) is 0 Å². The van der Waals surface area contributed by atoms with Crippen LogP contribution in [0.2, 0.25) is 0 Å². The minimum absolute atomic E-state index is 0.0943. The summed E-state index contributed by atoms with van der Waals surface area (Å²) < 4.78 is 22.9. The van der Waals surface area contributed by atoms with Crippen LogP contribution in [0.25, 0.3) is 0 Å². The SMILES string of the molecule is NS(=O)(=O)C1=CC=C(Cl)C(C2CCCC2)([N+](=O)[O-])C1. The highest BCUT2D eigenvalue weighted by Gasteiger charge is 2.56. The maximum atomic E-state index is 11.6. The Hall–Kier alpha value is -0.920. The first kappa shape index (κ1) is 14.5. The normalized spacial score (nSPS) is 28.9. The van der Waals surface area contributed by atoms with Crippen molar-refractivity contribution in [3.05, 3.63) is 32.2 Å². The van der Waals surface area contributed by atoms with Crippen LogP contribution in [0.4, 0.5) is 0 Å². The van der Waals surface area contributed by atoms with Gasteiger partial charge in [0.1, 0.15) is 0 Å². The van der Waals surface area contributed by atoms with E-state index in [2.05, 4.69) is 0 Å². The third-order valence-electron chi connectivity index (χ3n) is 3.99. The fraction of sp³-hybridized carbons (Fsp3) is 0.636. The maximum absolute atomic E-state index is 11.6. The summed E-state index contributed by atoms with van der Waals surface area (Å²) in [4.78, 5) is 11.0. The van der Waals surface area contributed by atoms with Crippen molar-refractivity contribution in [1.82, 2.24) is 0 Å². The Morgan fingerprint density at radius 1 is 1.37 bits per heavy atom. The van der Waals surface area contributed by atoms with E-state index in [1.165, 1.54) is 12.2 Å². The standard InChI is InChI=1S/C11H15ClN2O4S/c12-10-6-5-9(19(13,17)18)7-11(10,14(15)16)8-3-1-2-4-8/h5-6,8H,1-4,7H2,(H2,13,17,18). The lowest BCUT2D eigenvalue weighted by Crippen LogP contribution is -2.47. The number of hydrogen-bond donors (Lipinski definition) is 1. The molecule has 2 rings (SSSR count). The van der Waals surface area contributed by atoms with E-state index in [1.54, 1.807) is 0 Å². The van der Waals surface area contributed by atoms with Crippen LogP contribution in [0.15, 0.2) is 22.1 Å². The van der Waals surface area contributed by atoms with Gasteiger partial charge in [0.25, 0.3) is 5.54 Å². The van der Waals surface area contributed by atoms with E-state index in [0.29, 0.717) is 12.8 Å². The van der Waals surface area contributed by atoms with Gasteiger partial charge in [-0.2, -0.15) is 0 Å². The van der Waals surface area contributed by atoms with Gasteiger partial charge in [0.15, 0.2) is 0 Å². The number of allylic oxidation sites excluding steroid dienone is 2. The topological polar surface area (TPSA) is 103 Å². The Bertz CT molecular complexity index is 563. The highest BCUT2D eigenvalue weighted by Crippen LogP contribution is 2.47. The molecule has 0 radical (unpaired) electrons. The molecular formula is C11H15ClN2O4S. The van der Waals surface area contributed by atoms with Gasteiger partial charge >= 0.3 is 0 Å². The van der Waals surface area contributed by atoms with Crippen LogP contribution in [0.1, 0.15) is 32.1 Å². The summed E-state index contributed by atoms with van der Waals surface area (Å²) in [6.45, 7) is 0. The summed E-state index contributed by atoms with van der Waals surface area (Å²) in [5.74, 6) is -0.239. The van der Waals surface area contributed by atoms with Crippen LogP contribution in [0.3, 0.4) is 0 Å². The number of sulfonamides is 1. The Balaban J connectivity index is 2.48. The minimum Gasteiger partial charge on any atom is -0.264 e. The van der Waals surface area contributed by atoms with Crippen molar-refractivity contribution >= 4 is 21.6 Å². The zero-order valence-corrected chi connectivity index (χ0v) is 11.8. The molecule has 106 valence electrons. The molecule has 6 nitrogen and oxygen atoms in total. The first-order valence-electron chi connectivity index (χ1n) is 6.02. The number of rotatable bonds is 3. The summed E-state index contributed by atoms with van der Waals surface area (Å²) in [6.07, 6.45) is 5.47. The second-order valence-electron chi connectivity index (χ2n) is 5.03. The molecule has 1 fully saturated rings. The highest BCUT2D eigenvalue weighted by molar-refractivity contribution is 7.93. The lowest BCUT2D eigenvalue weighted by Gasteiger charge is -2.32. The first-order valence-corrected chi connectivity index (χ1v) is 7.95. The third-order valence-corrected chi connectivity index (χ3v) is 5.46. The molecule has 0 aliphatic heterocycles. The predicted molar refractivity (Wildman–Crippen MR) is 71.4 cm³/mol. The number of nitrogens with two attached hydrogens (primary N) is 1. The van der Waals surface area contributed by atoms with Gasteiger partial charge in [0.05, 0.1) is 16.4 Å². The molecule has 0 spiro atoms. The summed E-state index contributed by atoms with van der Waals surface area (Å²) in [5, 5.41) is 16.7. The van der Waals surface area contributed by atoms with Crippen molar-refractivity contribution in [3.8, 4) is 0 Å². The summed E-state index contributed by atoms with van der Waals surface area (Å²) in [7, 11) is -3.93. The van der Waals surface area contributed by atoms with E-state index >= 15 is 0 Å². The first-order chi connectivity index (χ1) is 8.78. The fourth-order valence-corrected chi connectivity index (χ4v) is 3.99. The fourth-order valence-electron chi connectivity index (χ4n) is 2.96. The molecule has 1 atom stereocenters. The minimum atomic E-state index is -3.93. The van der Waals surface area contributed by atoms with Crippen LogP contribution in [0.5, 0.6) is 0 Å². The van der Waals surface area contributed by atoms with E-state index in [1.807, 2.05) is 0 Å². The molecule has 1 saturated carbocycles. The summed E-state index contributed by atoms with van der Waals surface area (Å²) >= 11 is 6.07. The monoisotopic (exact) mass is 306 g/mol. The molecule has 2 aliphatic rings. The average molecular weight is 307 g/mol. The van der Waals surface area contributed by atoms with Gasteiger partial charge in [0.2, 0.25) is 10.0 Å². The second kappa shape index (κ2) is 4.88. The van der Waals surface area contributed by atoms with Gasteiger partial charge in [-0.1, -0.05) is 24.4 Å². The third kappa shape index (κ3) is 2.42. The zero-order chi connectivity index (χ0) is 14.3. The van der Waals surface area contributed by atoms with Crippen molar-refractivity contribution in [2.75, 3.05) is 0 Å². The molecule has 1 unspecified atom stereocenters. The zero-order valence-electron chi connectivity index (χ0n) is 10.2. The molecule has 0 heterocycles. The predicted octanol–water partition coefficient (Wildman–Crippen LogP) is 1.89. The molecular weight excluding hydrogens is 292 g/mol. The van der Waals surface area contributed by atoms with Crippen LogP contribution < -0.4 is 5.14 Å². The van der Waals surface area contributed by atoms with E-state index in [-0.39, 0.29) is 22.3 Å². The van der Waals surface area contributed by atoms with E-state index in [4.69, 9.17) is 16.7 Å². The van der Waals surface area contributed by atoms with Crippen molar-refractivity contribution in [2.24, 2.45) is 11.1 Å². The van der Waals surface area contributed by atoms with E-state index in [0.717, 1.165) is 12.8 Å². The van der Waals surface area contributed by atoms with Crippen molar-refractivity contribution in [2.45, 2.75) is 37.6 Å². The smallest absolute Gasteiger partial charge is 0.264 e. The molecule has 0 aromatic heterocycles. The van der Waals surface area contributed by atoms with Gasteiger partial charge in [-0.15, -0.1) is 0 Å². The van der Waals surface area contributed by atoms with Gasteiger partial charge in [-0.25, -0.2) is 13.6 Å². The molecule has 0 aromatic rings. The molecule has 0 aromatic carbocycles. The quantitative estimate of drug-likeness (QED) is 0.635. The second-order valence-corrected chi connectivity index (χ2v) is 7.05. The lowest BCUT2D eigenvalue weighted by molar-refractivity contribution is -0.566. The van der Waals surface area contributed by atoms with Crippen LogP contribution in [-0.4, -0.2) is 18.9 Å². The van der Waals surface area contributed by atoms with Crippen molar-refractivity contribution < 1.29 is 13.3 Å². The Kier molecular flexibility index (Phi) is 3.72. The number of halogens is 1. The maximum Gasteiger partial charge on any atom is 0.264 e. The largest absolute Gasteiger partial charge is 0.264 e.